The molecule has 6 heteroatoms. The minimum atomic E-state index is -0.762. The molecule has 1 aromatic heterocycles. The van der Waals surface area contributed by atoms with Crippen LogP contribution in [-0.4, -0.2) is 16.8 Å². The van der Waals surface area contributed by atoms with Crippen molar-refractivity contribution in [2.24, 2.45) is 0 Å². The predicted octanol–water partition coefficient (Wildman–Crippen LogP) is 1.99. The lowest BCUT2D eigenvalue weighted by Crippen LogP contribution is -2.35. The molecule has 2 aromatic rings. The molecule has 20 heavy (non-hydrogen) atoms. The minimum Gasteiger partial charge on any atom is -0.344 e. The minimum absolute atomic E-state index is 0.239. The highest BCUT2D eigenvalue weighted by molar-refractivity contribution is 6.41. The van der Waals surface area contributed by atoms with E-state index in [-0.39, 0.29) is 6.54 Å². The number of benzene rings is 1. The summed E-state index contributed by atoms with van der Waals surface area (Å²) in [5, 5.41) is 5.33. The Kier molecular flexibility index (Phi) is 4.68. The van der Waals surface area contributed by atoms with Gasteiger partial charge in [0.25, 0.3) is 0 Å². The molecular weight excluding hydrogens is 278 g/mol. The number of hydrogen-bond donors (Lipinski definition) is 2. The lowest BCUT2D eigenvalue weighted by atomic mass is 10.3. The summed E-state index contributed by atoms with van der Waals surface area (Å²) in [6.45, 7) is 0.239. The van der Waals surface area contributed by atoms with Gasteiger partial charge in [0.1, 0.15) is 0 Å². The third-order valence-electron chi connectivity index (χ3n) is 2.50. The van der Waals surface area contributed by atoms with Crippen LogP contribution >= 0.6 is 11.6 Å². The van der Waals surface area contributed by atoms with Crippen LogP contribution in [0.1, 0.15) is 5.56 Å². The van der Waals surface area contributed by atoms with Crippen LogP contribution in [0.5, 0.6) is 0 Å². The fourth-order valence-corrected chi connectivity index (χ4v) is 1.69. The maximum Gasteiger partial charge on any atom is 0.313 e. The topological polar surface area (TPSA) is 71.1 Å². The Morgan fingerprint density at radius 2 is 1.90 bits per heavy atom. The number of nitrogens with zero attached hydrogens (tertiary/aromatic N) is 1. The predicted molar refractivity (Wildman–Crippen MR) is 76.2 cm³/mol. The number of halogens is 1. The second kappa shape index (κ2) is 6.68. The first-order valence-corrected chi connectivity index (χ1v) is 6.27. The highest BCUT2D eigenvalue weighted by Gasteiger charge is 2.14. The molecule has 102 valence electrons. The summed E-state index contributed by atoms with van der Waals surface area (Å²) in [7, 11) is 0. The highest BCUT2D eigenvalue weighted by Crippen LogP contribution is 2.20. The number of amides is 2. The van der Waals surface area contributed by atoms with Crippen molar-refractivity contribution in [3.63, 3.8) is 0 Å². The lowest BCUT2D eigenvalue weighted by molar-refractivity contribution is -0.136. The Hall–Kier alpha value is -2.40. The van der Waals surface area contributed by atoms with Gasteiger partial charge in [-0.1, -0.05) is 29.8 Å². The summed E-state index contributed by atoms with van der Waals surface area (Å²) in [6.07, 6.45) is 3.25. The van der Waals surface area contributed by atoms with E-state index in [4.69, 9.17) is 11.6 Å². The van der Waals surface area contributed by atoms with E-state index in [1.165, 1.54) is 0 Å². The quantitative estimate of drug-likeness (QED) is 0.849. The van der Waals surface area contributed by atoms with E-state index in [9.17, 15) is 9.59 Å². The molecule has 0 spiro atoms. The number of aromatic nitrogens is 1. The molecule has 0 radical (unpaired) electrons. The average Bonchev–Trinajstić information content (AvgIpc) is 2.48. The first kappa shape index (κ1) is 14.0. The normalized spacial score (nSPS) is 9.85. The van der Waals surface area contributed by atoms with Gasteiger partial charge in [-0.2, -0.15) is 0 Å². The van der Waals surface area contributed by atoms with Gasteiger partial charge in [0, 0.05) is 18.9 Å². The van der Waals surface area contributed by atoms with Crippen molar-refractivity contribution in [1.29, 1.82) is 0 Å². The number of carbonyl (C=O) groups excluding carboxylic acids is 2. The van der Waals surface area contributed by atoms with E-state index in [2.05, 4.69) is 15.6 Å². The zero-order valence-electron chi connectivity index (χ0n) is 10.5. The van der Waals surface area contributed by atoms with Gasteiger partial charge < -0.3 is 10.6 Å². The summed E-state index contributed by atoms with van der Waals surface area (Å²) in [6, 6.07) is 10.3. The molecule has 0 fully saturated rings. The molecule has 0 saturated carbocycles. The SMILES string of the molecule is O=C(NCc1cccnc1)C(=O)Nc1ccccc1Cl. The molecule has 1 aromatic carbocycles. The van der Waals surface area contributed by atoms with Crippen LogP contribution in [0.2, 0.25) is 5.02 Å². The summed E-state index contributed by atoms with van der Waals surface area (Å²) in [5.41, 5.74) is 1.21. The van der Waals surface area contributed by atoms with Gasteiger partial charge in [-0.3, -0.25) is 14.6 Å². The Morgan fingerprint density at radius 3 is 2.60 bits per heavy atom. The number of para-hydroxylation sites is 1. The van der Waals surface area contributed by atoms with Crippen molar-refractivity contribution in [2.45, 2.75) is 6.54 Å². The van der Waals surface area contributed by atoms with Crippen molar-refractivity contribution in [2.75, 3.05) is 5.32 Å². The average molecular weight is 290 g/mol. The molecule has 2 amide bonds. The third kappa shape index (κ3) is 3.80. The van der Waals surface area contributed by atoms with E-state index in [0.717, 1.165) is 5.56 Å². The van der Waals surface area contributed by atoms with Crippen molar-refractivity contribution in [3.05, 3.63) is 59.4 Å². The molecule has 0 aliphatic heterocycles. The molecule has 0 aliphatic carbocycles. The summed E-state index contributed by atoms with van der Waals surface area (Å²) >= 11 is 5.89. The van der Waals surface area contributed by atoms with Crippen LogP contribution in [0.4, 0.5) is 5.69 Å². The van der Waals surface area contributed by atoms with Gasteiger partial charge in [-0.25, -0.2) is 0 Å². The molecular formula is C14H12ClN3O2. The van der Waals surface area contributed by atoms with Gasteiger partial charge in [-0.15, -0.1) is 0 Å². The first-order chi connectivity index (χ1) is 9.66. The zero-order chi connectivity index (χ0) is 14.4. The highest BCUT2D eigenvalue weighted by atomic mass is 35.5. The summed E-state index contributed by atoms with van der Waals surface area (Å²) < 4.78 is 0. The number of anilines is 1. The standard InChI is InChI=1S/C14H12ClN3O2/c15-11-5-1-2-6-12(11)18-14(20)13(19)17-9-10-4-3-7-16-8-10/h1-8H,9H2,(H,17,19)(H,18,20). The van der Waals surface area contributed by atoms with Gasteiger partial charge in [0.05, 0.1) is 10.7 Å². The fourth-order valence-electron chi connectivity index (χ4n) is 1.51. The Balaban J connectivity index is 1.90. The first-order valence-electron chi connectivity index (χ1n) is 5.89. The molecule has 0 bridgehead atoms. The molecule has 0 aliphatic rings. The number of hydrogen-bond acceptors (Lipinski definition) is 3. The molecule has 2 N–H and O–H groups in total. The third-order valence-corrected chi connectivity index (χ3v) is 2.83. The Labute approximate surface area is 121 Å². The van der Waals surface area contributed by atoms with E-state index in [1.807, 2.05) is 0 Å². The second-order valence-electron chi connectivity index (χ2n) is 3.98. The van der Waals surface area contributed by atoms with Crippen LogP contribution < -0.4 is 10.6 Å². The summed E-state index contributed by atoms with van der Waals surface area (Å²) in [5.74, 6) is -1.49. The second-order valence-corrected chi connectivity index (χ2v) is 4.39. The van der Waals surface area contributed by atoms with Crippen molar-refractivity contribution in [3.8, 4) is 0 Å². The number of nitrogens with one attached hydrogen (secondary N) is 2. The van der Waals surface area contributed by atoms with E-state index in [0.29, 0.717) is 10.7 Å². The molecule has 5 nitrogen and oxygen atoms in total. The largest absolute Gasteiger partial charge is 0.344 e. The zero-order valence-corrected chi connectivity index (χ0v) is 11.2. The van der Waals surface area contributed by atoms with Crippen molar-refractivity contribution in [1.82, 2.24) is 10.3 Å². The van der Waals surface area contributed by atoms with E-state index in [1.54, 1.807) is 48.8 Å². The molecule has 0 saturated heterocycles. The van der Waals surface area contributed by atoms with Crippen LogP contribution in [0.3, 0.4) is 0 Å². The van der Waals surface area contributed by atoms with Crippen LogP contribution in [-0.2, 0) is 16.1 Å². The Morgan fingerprint density at radius 1 is 1.10 bits per heavy atom. The molecule has 2 rings (SSSR count). The molecule has 1 heterocycles. The van der Waals surface area contributed by atoms with Gasteiger partial charge >= 0.3 is 11.8 Å². The van der Waals surface area contributed by atoms with Crippen LogP contribution in [0.15, 0.2) is 48.8 Å². The van der Waals surface area contributed by atoms with E-state index < -0.39 is 11.8 Å². The molecule has 0 unspecified atom stereocenters. The lowest BCUT2D eigenvalue weighted by Gasteiger charge is -2.07. The van der Waals surface area contributed by atoms with Gasteiger partial charge in [-0.05, 0) is 23.8 Å². The van der Waals surface area contributed by atoms with E-state index >= 15 is 0 Å². The fraction of sp³-hybridized carbons (Fsp3) is 0.0714. The number of carbonyl (C=O) groups is 2. The summed E-state index contributed by atoms with van der Waals surface area (Å²) in [4.78, 5) is 27.3. The number of rotatable bonds is 3. The van der Waals surface area contributed by atoms with Crippen molar-refractivity contribution >= 4 is 29.1 Å². The van der Waals surface area contributed by atoms with Gasteiger partial charge in [0.15, 0.2) is 0 Å². The number of pyridine rings is 1. The van der Waals surface area contributed by atoms with Crippen molar-refractivity contribution < 1.29 is 9.59 Å². The molecule has 0 atom stereocenters. The maximum atomic E-state index is 11.7. The van der Waals surface area contributed by atoms with Crippen LogP contribution in [0.25, 0.3) is 0 Å². The smallest absolute Gasteiger partial charge is 0.313 e. The van der Waals surface area contributed by atoms with Crippen LogP contribution in [0, 0.1) is 0 Å². The Bertz CT molecular complexity index is 617. The monoisotopic (exact) mass is 289 g/mol. The maximum absolute atomic E-state index is 11.7. The van der Waals surface area contributed by atoms with Gasteiger partial charge in [0.2, 0.25) is 0 Å².